The number of nitrogens with zero attached hydrogens (tertiary/aromatic N) is 3. The van der Waals surface area contributed by atoms with Crippen LogP contribution in [-0.2, 0) is 6.42 Å². The number of aryl methyl sites for hydroxylation is 1. The zero-order chi connectivity index (χ0) is 16.0. The van der Waals surface area contributed by atoms with Gasteiger partial charge in [-0.25, -0.2) is 9.50 Å². The minimum absolute atomic E-state index is 0.148. The van der Waals surface area contributed by atoms with Crippen LogP contribution in [0.25, 0.3) is 16.9 Å². The van der Waals surface area contributed by atoms with Crippen LogP contribution >= 0.6 is 11.6 Å². The zero-order valence-corrected chi connectivity index (χ0v) is 13.6. The Bertz CT molecular complexity index is 939. The Kier molecular flexibility index (Phi) is 3.45. The number of fused-ring (bicyclic) bond motifs is 1. The van der Waals surface area contributed by atoms with Gasteiger partial charge >= 0.3 is 0 Å². The minimum Gasteiger partial charge on any atom is -0.303 e. The lowest BCUT2D eigenvalue weighted by molar-refractivity contribution is 0.395. The van der Waals surface area contributed by atoms with Gasteiger partial charge in [0.2, 0.25) is 0 Å². The van der Waals surface area contributed by atoms with E-state index in [-0.39, 0.29) is 5.56 Å². The van der Waals surface area contributed by atoms with E-state index in [1.807, 2.05) is 19.1 Å². The van der Waals surface area contributed by atoms with Gasteiger partial charge in [0.25, 0.3) is 5.56 Å². The standard InChI is InChI=1S/C17H17ClN4O/c1-2-13-14-17(23)20-15(11-7-4-8-12(18)9-11)21-22(14)16(19-13)10-5-3-6-10/h4,7-10H,2-3,5-6H2,1H3,(H,20,21,23). The van der Waals surface area contributed by atoms with Gasteiger partial charge in [0.05, 0.1) is 5.69 Å². The second-order valence-corrected chi connectivity index (χ2v) is 6.41. The Balaban J connectivity index is 1.97. The summed E-state index contributed by atoms with van der Waals surface area (Å²) < 4.78 is 1.75. The summed E-state index contributed by atoms with van der Waals surface area (Å²) >= 11 is 6.05. The number of aromatic nitrogens is 4. The number of aromatic amines is 1. The van der Waals surface area contributed by atoms with Gasteiger partial charge in [-0.1, -0.05) is 37.1 Å². The van der Waals surface area contributed by atoms with Crippen LogP contribution in [0.3, 0.4) is 0 Å². The molecule has 1 aromatic carbocycles. The number of imidazole rings is 1. The fourth-order valence-corrected chi connectivity index (χ4v) is 3.23. The fraction of sp³-hybridized carbons (Fsp3) is 0.353. The third-order valence-corrected chi connectivity index (χ3v) is 4.74. The van der Waals surface area contributed by atoms with Gasteiger partial charge in [-0.2, -0.15) is 0 Å². The van der Waals surface area contributed by atoms with Gasteiger partial charge in [0.15, 0.2) is 11.3 Å². The third-order valence-electron chi connectivity index (χ3n) is 4.50. The molecule has 0 spiro atoms. The van der Waals surface area contributed by atoms with Gasteiger partial charge < -0.3 is 4.98 Å². The van der Waals surface area contributed by atoms with E-state index in [0.717, 1.165) is 36.3 Å². The first-order chi connectivity index (χ1) is 11.2. The lowest BCUT2D eigenvalue weighted by Crippen LogP contribution is -2.18. The third kappa shape index (κ3) is 2.36. The molecule has 2 aromatic heterocycles. The molecule has 6 heteroatoms. The molecule has 1 aliphatic carbocycles. The molecule has 3 aromatic rings. The molecule has 1 fully saturated rings. The van der Waals surface area contributed by atoms with Gasteiger partial charge in [-0.3, -0.25) is 4.79 Å². The van der Waals surface area contributed by atoms with E-state index in [0.29, 0.717) is 22.3 Å². The molecule has 0 radical (unpaired) electrons. The van der Waals surface area contributed by atoms with E-state index < -0.39 is 0 Å². The maximum atomic E-state index is 12.6. The van der Waals surface area contributed by atoms with Crippen LogP contribution in [0.5, 0.6) is 0 Å². The predicted octanol–water partition coefficient (Wildman–Crippen LogP) is 3.57. The molecule has 1 N–H and O–H groups in total. The van der Waals surface area contributed by atoms with E-state index in [1.54, 1.807) is 16.6 Å². The Morgan fingerprint density at radius 2 is 2.22 bits per heavy atom. The summed E-state index contributed by atoms with van der Waals surface area (Å²) in [6.45, 7) is 2.01. The normalized spacial score (nSPS) is 15.0. The first-order valence-corrected chi connectivity index (χ1v) is 8.33. The molecule has 118 valence electrons. The molecule has 5 nitrogen and oxygen atoms in total. The largest absolute Gasteiger partial charge is 0.303 e. The SMILES string of the molecule is CCc1nc(C2CCC2)n2nc(-c3cccc(Cl)c3)[nH]c(=O)c12. The van der Waals surface area contributed by atoms with Gasteiger partial charge in [0, 0.05) is 16.5 Å². The average Bonchev–Trinajstić information content (AvgIpc) is 2.85. The highest BCUT2D eigenvalue weighted by Gasteiger charge is 2.27. The number of halogens is 1. The van der Waals surface area contributed by atoms with Gasteiger partial charge in [-0.15, -0.1) is 5.10 Å². The van der Waals surface area contributed by atoms with Crippen molar-refractivity contribution in [2.75, 3.05) is 0 Å². The van der Waals surface area contributed by atoms with Crippen LogP contribution in [0.2, 0.25) is 5.02 Å². The molecule has 0 amide bonds. The number of hydrogen-bond donors (Lipinski definition) is 1. The van der Waals surface area contributed by atoms with Crippen molar-refractivity contribution in [2.24, 2.45) is 0 Å². The molecule has 23 heavy (non-hydrogen) atoms. The predicted molar refractivity (Wildman–Crippen MR) is 90.0 cm³/mol. The van der Waals surface area contributed by atoms with Crippen molar-refractivity contribution < 1.29 is 0 Å². The molecule has 4 rings (SSSR count). The zero-order valence-electron chi connectivity index (χ0n) is 12.8. The van der Waals surface area contributed by atoms with Crippen molar-refractivity contribution in [2.45, 2.75) is 38.5 Å². The summed E-state index contributed by atoms with van der Waals surface area (Å²) in [6.07, 6.45) is 4.16. The first-order valence-electron chi connectivity index (χ1n) is 7.95. The summed E-state index contributed by atoms with van der Waals surface area (Å²) in [4.78, 5) is 20.2. The van der Waals surface area contributed by atoms with Crippen molar-refractivity contribution in [3.8, 4) is 11.4 Å². The van der Waals surface area contributed by atoms with E-state index >= 15 is 0 Å². The summed E-state index contributed by atoms with van der Waals surface area (Å²) in [6, 6.07) is 7.33. The minimum atomic E-state index is -0.148. The lowest BCUT2D eigenvalue weighted by Gasteiger charge is -2.23. The van der Waals surface area contributed by atoms with Gasteiger partial charge in [-0.05, 0) is 31.4 Å². The fourth-order valence-electron chi connectivity index (χ4n) is 3.04. The van der Waals surface area contributed by atoms with E-state index in [9.17, 15) is 4.79 Å². The smallest absolute Gasteiger partial charge is 0.277 e. The molecule has 0 unspecified atom stereocenters. The van der Waals surface area contributed by atoms with Crippen LogP contribution in [0, 0.1) is 0 Å². The lowest BCUT2D eigenvalue weighted by atomic mass is 9.85. The monoisotopic (exact) mass is 328 g/mol. The van der Waals surface area contributed by atoms with Crippen molar-refractivity contribution >= 4 is 17.1 Å². The molecule has 1 saturated carbocycles. The molecule has 0 saturated heterocycles. The Morgan fingerprint density at radius 3 is 2.87 bits per heavy atom. The molecule has 0 atom stereocenters. The van der Waals surface area contributed by atoms with E-state index in [2.05, 4.69) is 10.1 Å². The van der Waals surface area contributed by atoms with E-state index in [1.165, 1.54) is 6.42 Å². The van der Waals surface area contributed by atoms with Crippen molar-refractivity contribution in [3.63, 3.8) is 0 Å². The highest BCUT2D eigenvalue weighted by Crippen LogP contribution is 2.36. The maximum absolute atomic E-state index is 12.6. The number of nitrogens with one attached hydrogen (secondary N) is 1. The summed E-state index contributed by atoms with van der Waals surface area (Å²) in [5, 5.41) is 5.27. The molecule has 0 bridgehead atoms. The Labute approximate surface area is 138 Å². The molecule has 1 aliphatic rings. The number of rotatable bonds is 3. The van der Waals surface area contributed by atoms with Crippen LogP contribution < -0.4 is 5.56 Å². The van der Waals surface area contributed by atoms with Crippen molar-refractivity contribution in [1.29, 1.82) is 0 Å². The Hall–Kier alpha value is -2.14. The quantitative estimate of drug-likeness (QED) is 0.799. The van der Waals surface area contributed by atoms with Crippen LogP contribution in [0.4, 0.5) is 0 Å². The second-order valence-electron chi connectivity index (χ2n) is 5.97. The summed E-state index contributed by atoms with van der Waals surface area (Å²) in [5.41, 5.74) is 2.03. The maximum Gasteiger partial charge on any atom is 0.277 e. The topological polar surface area (TPSA) is 63.1 Å². The molecule has 0 aliphatic heterocycles. The Morgan fingerprint density at radius 1 is 1.39 bits per heavy atom. The molecular formula is C17H17ClN4O. The summed E-state index contributed by atoms with van der Waals surface area (Å²) in [7, 11) is 0. The second kappa shape index (κ2) is 5.49. The van der Waals surface area contributed by atoms with Crippen LogP contribution in [-0.4, -0.2) is 19.6 Å². The highest BCUT2D eigenvalue weighted by atomic mass is 35.5. The molecule has 2 heterocycles. The number of benzene rings is 1. The van der Waals surface area contributed by atoms with Crippen LogP contribution in [0.1, 0.15) is 43.6 Å². The number of H-pyrrole nitrogens is 1. The van der Waals surface area contributed by atoms with Gasteiger partial charge in [0.1, 0.15) is 5.82 Å². The van der Waals surface area contributed by atoms with E-state index in [4.69, 9.17) is 16.6 Å². The average molecular weight is 329 g/mol. The van der Waals surface area contributed by atoms with Crippen molar-refractivity contribution in [3.05, 3.63) is 51.2 Å². The number of hydrogen-bond acceptors (Lipinski definition) is 3. The highest BCUT2D eigenvalue weighted by molar-refractivity contribution is 6.30. The summed E-state index contributed by atoms with van der Waals surface area (Å²) in [5.74, 6) is 1.84. The molecular weight excluding hydrogens is 312 g/mol. The first kappa shape index (κ1) is 14.5. The van der Waals surface area contributed by atoms with Crippen molar-refractivity contribution in [1.82, 2.24) is 19.6 Å². The van der Waals surface area contributed by atoms with Crippen LogP contribution in [0.15, 0.2) is 29.1 Å².